The number of hydrogen-bond acceptors (Lipinski definition) is 6. The van der Waals surface area contributed by atoms with E-state index in [1.165, 1.54) is 76.1 Å². The maximum Gasteiger partial charge on any atom is 0.163 e. The Morgan fingerprint density at radius 3 is 1.48 bits per heavy atom. The molecule has 0 aliphatic heterocycles. The van der Waals surface area contributed by atoms with Crippen LogP contribution in [-0.4, -0.2) is 29.9 Å². The second kappa shape index (κ2) is 10.9. The zero-order valence-electron chi connectivity index (χ0n) is 30.7. The van der Waals surface area contributed by atoms with Crippen LogP contribution in [0.2, 0.25) is 0 Å². The second-order valence-corrected chi connectivity index (χ2v) is 15.4. The molecule has 0 N–H and O–H groups in total. The van der Waals surface area contributed by atoms with Crippen LogP contribution >= 0.6 is 0 Å². The molecule has 0 radical (unpaired) electrons. The highest BCUT2D eigenvalue weighted by Crippen LogP contribution is 2.59. The van der Waals surface area contributed by atoms with Crippen molar-refractivity contribution in [3.8, 4) is 67.3 Å². The van der Waals surface area contributed by atoms with Crippen molar-refractivity contribution in [2.75, 3.05) is 0 Å². The van der Waals surface area contributed by atoms with Gasteiger partial charge in [0.15, 0.2) is 11.6 Å². The summed E-state index contributed by atoms with van der Waals surface area (Å²) < 4.78 is 0. The highest BCUT2D eigenvalue weighted by Gasteiger charge is 2.34. The van der Waals surface area contributed by atoms with Gasteiger partial charge < -0.3 is 0 Å². The van der Waals surface area contributed by atoms with E-state index in [4.69, 9.17) is 19.9 Å². The lowest BCUT2D eigenvalue weighted by Crippen LogP contribution is -2.00. The SMILES string of the molecule is c1ccc2c(c1)cc1c3c(cccc32)-c2cc3ccc4c(ccc5c(-c6ncncn6)c6c(c(-c7ncncn7)c54)-c4cccc5c4c-6cc4ccccc45)c3cc2-1. The van der Waals surface area contributed by atoms with Gasteiger partial charge in [0.05, 0.1) is 0 Å². The lowest BCUT2D eigenvalue weighted by Gasteiger charge is -2.20. The van der Waals surface area contributed by atoms with Crippen LogP contribution in [0.1, 0.15) is 0 Å². The first-order valence-corrected chi connectivity index (χ1v) is 19.5. The van der Waals surface area contributed by atoms with Crippen molar-refractivity contribution >= 4 is 75.4 Å². The first kappa shape index (κ1) is 30.3. The van der Waals surface area contributed by atoms with E-state index in [-0.39, 0.29) is 0 Å². The summed E-state index contributed by atoms with van der Waals surface area (Å²) in [5, 5.41) is 16.8. The summed E-state index contributed by atoms with van der Waals surface area (Å²) in [6.45, 7) is 0. The van der Waals surface area contributed by atoms with Crippen molar-refractivity contribution < 1.29 is 0 Å². The Hall–Kier alpha value is -7.96. The Morgan fingerprint density at radius 2 is 0.759 bits per heavy atom. The topological polar surface area (TPSA) is 77.3 Å². The Bertz CT molecular complexity index is 3840. The Kier molecular flexibility index (Phi) is 5.68. The number of hydrogen-bond donors (Lipinski definition) is 0. The van der Waals surface area contributed by atoms with Crippen LogP contribution in [-0.2, 0) is 0 Å². The van der Waals surface area contributed by atoms with Crippen molar-refractivity contribution in [1.29, 1.82) is 0 Å². The van der Waals surface area contributed by atoms with E-state index < -0.39 is 0 Å². The molecule has 2 heterocycles. The molecule has 0 spiro atoms. The van der Waals surface area contributed by atoms with Gasteiger partial charge in [-0.1, -0.05) is 109 Å². The van der Waals surface area contributed by atoms with Crippen LogP contribution in [0.3, 0.4) is 0 Å². The van der Waals surface area contributed by atoms with Crippen molar-refractivity contribution in [3.63, 3.8) is 0 Å². The van der Waals surface area contributed by atoms with Gasteiger partial charge in [0, 0.05) is 27.6 Å². The van der Waals surface area contributed by atoms with Crippen LogP contribution in [0.15, 0.2) is 159 Å². The first-order valence-electron chi connectivity index (χ1n) is 19.5. The van der Waals surface area contributed by atoms with Crippen LogP contribution in [0, 0.1) is 0 Å². The quantitative estimate of drug-likeness (QED) is 0.165. The molecule has 0 saturated heterocycles. The third-order valence-corrected chi connectivity index (χ3v) is 12.7. The van der Waals surface area contributed by atoms with Crippen molar-refractivity contribution in [2.24, 2.45) is 0 Å². The minimum Gasteiger partial charge on any atom is -0.225 e. The highest BCUT2D eigenvalue weighted by molar-refractivity contribution is 6.34. The molecule has 2 aliphatic rings. The molecule has 6 heteroatoms. The van der Waals surface area contributed by atoms with Gasteiger partial charge in [-0.3, -0.25) is 0 Å². The van der Waals surface area contributed by atoms with E-state index in [1.807, 2.05) is 0 Å². The lowest BCUT2D eigenvalue weighted by molar-refractivity contribution is 1.06. The smallest absolute Gasteiger partial charge is 0.163 e. The summed E-state index contributed by atoms with van der Waals surface area (Å²) in [6, 6.07) is 49.4. The molecule has 0 atom stereocenters. The van der Waals surface area contributed by atoms with Gasteiger partial charge in [0.25, 0.3) is 0 Å². The fourth-order valence-corrected chi connectivity index (χ4v) is 10.5. The van der Waals surface area contributed by atoms with E-state index in [2.05, 4.69) is 143 Å². The molecule has 0 fully saturated rings. The molecule has 0 unspecified atom stereocenters. The largest absolute Gasteiger partial charge is 0.225 e. The Balaban J connectivity index is 1.16. The monoisotopic (exact) mass is 734 g/mol. The van der Waals surface area contributed by atoms with Gasteiger partial charge in [0.2, 0.25) is 0 Å². The fraction of sp³-hybridized carbons (Fsp3) is 0. The van der Waals surface area contributed by atoms with Crippen molar-refractivity contribution in [2.45, 2.75) is 0 Å². The third-order valence-electron chi connectivity index (χ3n) is 12.7. The predicted molar refractivity (Wildman–Crippen MR) is 235 cm³/mol. The van der Waals surface area contributed by atoms with E-state index in [1.54, 1.807) is 25.3 Å². The summed E-state index contributed by atoms with van der Waals surface area (Å²) in [5.41, 5.74) is 11.6. The van der Waals surface area contributed by atoms with Gasteiger partial charge in [-0.05, 0) is 128 Å². The van der Waals surface area contributed by atoms with E-state index in [9.17, 15) is 0 Å². The second-order valence-electron chi connectivity index (χ2n) is 15.4. The van der Waals surface area contributed by atoms with Crippen LogP contribution in [0.4, 0.5) is 0 Å². The van der Waals surface area contributed by atoms with Gasteiger partial charge in [-0.2, -0.15) is 0 Å². The van der Waals surface area contributed by atoms with Gasteiger partial charge >= 0.3 is 0 Å². The lowest BCUT2D eigenvalue weighted by atomic mass is 9.83. The molecule has 0 amide bonds. The van der Waals surface area contributed by atoms with Crippen LogP contribution < -0.4 is 0 Å². The first-order chi connectivity index (χ1) is 28.8. The summed E-state index contributed by atoms with van der Waals surface area (Å²) >= 11 is 0. The molecule has 10 aromatic carbocycles. The molecule has 0 bridgehead atoms. The van der Waals surface area contributed by atoms with E-state index in [0.717, 1.165) is 54.9 Å². The van der Waals surface area contributed by atoms with E-state index in [0.29, 0.717) is 11.6 Å². The number of aromatic nitrogens is 6. The maximum atomic E-state index is 4.88. The van der Waals surface area contributed by atoms with Crippen LogP contribution in [0.5, 0.6) is 0 Å². The summed E-state index contributed by atoms with van der Waals surface area (Å²) in [4.78, 5) is 27.9. The minimum absolute atomic E-state index is 0.628. The minimum atomic E-state index is 0.628. The standard InChI is InChI=1S/C52H26N6/c1-3-9-30-27(7-1)20-42-41-22-39-29(19-40(41)35-13-5-11-33(30)44(35)42)15-16-36-32(39)17-18-38-46(36)50(52-57-25-54-26-58-52)47-37-14-6-12-34-31-10-4-2-8-28(31)21-43(45(34)37)48(47)49(38)51-55-23-53-24-56-51/h1-26H. The molecule has 2 aromatic heterocycles. The van der Waals surface area contributed by atoms with Crippen molar-refractivity contribution in [3.05, 3.63) is 159 Å². The van der Waals surface area contributed by atoms with Crippen LogP contribution in [0.25, 0.3) is 143 Å². The van der Waals surface area contributed by atoms with Gasteiger partial charge in [-0.15, -0.1) is 0 Å². The molecular weight excluding hydrogens is 709 g/mol. The average molecular weight is 735 g/mol. The molecule has 2 aliphatic carbocycles. The molecule has 14 rings (SSSR count). The maximum absolute atomic E-state index is 4.88. The summed E-state index contributed by atoms with van der Waals surface area (Å²) in [5.74, 6) is 1.26. The third kappa shape index (κ3) is 3.76. The molecule has 12 aromatic rings. The molecule has 58 heavy (non-hydrogen) atoms. The molecule has 264 valence electrons. The molecule has 0 saturated carbocycles. The number of fused-ring (bicyclic) bond motifs is 15. The van der Waals surface area contributed by atoms with Crippen molar-refractivity contribution in [1.82, 2.24) is 29.9 Å². The predicted octanol–water partition coefficient (Wildman–Crippen LogP) is 12.8. The average Bonchev–Trinajstić information content (AvgIpc) is 3.78. The normalized spacial score (nSPS) is 12.5. The number of nitrogens with zero attached hydrogens (tertiary/aromatic N) is 6. The fourth-order valence-electron chi connectivity index (χ4n) is 10.5. The summed E-state index contributed by atoms with van der Waals surface area (Å²) in [7, 11) is 0. The molecular formula is C52H26N6. The zero-order chi connectivity index (χ0) is 37.6. The highest BCUT2D eigenvalue weighted by atomic mass is 15.0. The zero-order valence-corrected chi connectivity index (χ0v) is 30.7. The molecule has 6 nitrogen and oxygen atoms in total. The Morgan fingerprint density at radius 1 is 0.259 bits per heavy atom. The van der Waals surface area contributed by atoms with Gasteiger partial charge in [-0.25, -0.2) is 29.9 Å². The number of benzene rings is 10. The Labute approximate surface area is 330 Å². The van der Waals surface area contributed by atoms with E-state index >= 15 is 0 Å². The number of rotatable bonds is 2. The summed E-state index contributed by atoms with van der Waals surface area (Å²) in [6.07, 6.45) is 6.39. The van der Waals surface area contributed by atoms with Gasteiger partial charge in [0.1, 0.15) is 25.3 Å².